The number of aromatic hydroxyl groups is 1. The topological polar surface area (TPSA) is 53.2 Å². The number of amides is 1. The van der Waals surface area contributed by atoms with Crippen LogP contribution in [0.3, 0.4) is 0 Å². The number of phenols is 1. The Balaban J connectivity index is 1.75. The number of hydrogen-bond acceptors (Lipinski definition) is 3. The molecule has 0 atom stereocenters. The van der Waals surface area contributed by atoms with Gasteiger partial charge in [-0.3, -0.25) is 4.79 Å². The van der Waals surface area contributed by atoms with E-state index < -0.39 is 0 Å². The van der Waals surface area contributed by atoms with Crippen molar-refractivity contribution in [1.29, 1.82) is 0 Å². The molecule has 0 unspecified atom stereocenters. The molecule has 3 rings (SSSR count). The summed E-state index contributed by atoms with van der Waals surface area (Å²) in [6.45, 7) is 0. The van der Waals surface area contributed by atoms with Crippen molar-refractivity contribution in [2.24, 2.45) is 0 Å². The lowest BCUT2D eigenvalue weighted by atomic mass is 10.0. The second-order valence-electron chi connectivity index (χ2n) is 4.69. The van der Waals surface area contributed by atoms with Crippen molar-refractivity contribution in [3.63, 3.8) is 0 Å². The molecule has 19 heavy (non-hydrogen) atoms. The van der Waals surface area contributed by atoms with E-state index in [1.807, 2.05) is 6.20 Å². The van der Waals surface area contributed by atoms with Gasteiger partial charge in [-0.25, -0.2) is 0 Å². The SMILES string of the molecule is O=C(N[n+]1cc2c(s1)CCCC2)c1ccc(O)cc1. The summed E-state index contributed by atoms with van der Waals surface area (Å²) in [5.41, 5.74) is 4.74. The number of aryl methyl sites for hydroxylation is 2. The van der Waals surface area contributed by atoms with E-state index in [-0.39, 0.29) is 11.7 Å². The molecule has 1 heterocycles. The highest BCUT2D eigenvalue weighted by atomic mass is 32.1. The molecule has 5 heteroatoms. The van der Waals surface area contributed by atoms with Crippen LogP contribution in [-0.4, -0.2) is 11.0 Å². The average molecular weight is 275 g/mol. The summed E-state index contributed by atoms with van der Waals surface area (Å²) in [6, 6.07) is 6.25. The van der Waals surface area contributed by atoms with Crippen molar-refractivity contribution >= 4 is 17.4 Å². The molecule has 2 aromatic rings. The zero-order valence-electron chi connectivity index (χ0n) is 10.4. The Bertz CT molecular complexity index is 581. The van der Waals surface area contributed by atoms with Crippen LogP contribution in [0.15, 0.2) is 30.5 Å². The van der Waals surface area contributed by atoms with Gasteiger partial charge < -0.3 is 5.11 Å². The second-order valence-corrected chi connectivity index (χ2v) is 5.76. The fourth-order valence-electron chi connectivity index (χ4n) is 2.26. The lowest BCUT2D eigenvalue weighted by molar-refractivity contribution is -0.569. The molecule has 1 amide bonds. The fourth-order valence-corrected chi connectivity index (χ4v) is 3.31. The van der Waals surface area contributed by atoms with Crippen molar-refractivity contribution < 1.29 is 14.0 Å². The third-order valence-electron chi connectivity index (χ3n) is 3.28. The molecular weight excluding hydrogens is 260 g/mol. The molecule has 98 valence electrons. The first-order valence-corrected chi connectivity index (χ1v) is 7.14. The van der Waals surface area contributed by atoms with Crippen LogP contribution in [0.2, 0.25) is 0 Å². The maximum Gasteiger partial charge on any atom is 0.306 e. The van der Waals surface area contributed by atoms with E-state index in [1.54, 1.807) is 27.7 Å². The van der Waals surface area contributed by atoms with E-state index in [4.69, 9.17) is 0 Å². The van der Waals surface area contributed by atoms with Gasteiger partial charge >= 0.3 is 5.91 Å². The van der Waals surface area contributed by atoms with E-state index in [0.29, 0.717) is 5.56 Å². The third-order valence-corrected chi connectivity index (χ3v) is 4.36. The van der Waals surface area contributed by atoms with Gasteiger partial charge in [0.2, 0.25) is 6.20 Å². The number of rotatable bonds is 2. The molecule has 2 N–H and O–H groups in total. The standard InChI is InChI=1S/C14H14N2O2S/c17-12-7-5-10(6-8-12)14(18)15-16-9-11-3-1-2-4-13(11)19-16/h5-9H,1-4H2,(H-,15,17,18)/p+1. The highest BCUT2D eigenvalue weighted by Gasteiger charge is 2.21. The van der Waals surface area contributed by atoms with E-state index in [0.717, 1.165) is 12.8 Å². The summed E-state index contributed by atoms with van der Waals surface area (Å²) < 4.78 is 1.78. The molecular formula is C14H15N2O2S+. The van der Waals surface area contributed by atoms with Crippen LogP contribution in [0.1, 0.15) is 33.6 Å². The predicted molar refractivity (Wildman–Crippen MR) is 73.0 cm³/mol. The Kier molecular flexibility index (Phi) is 3.21. The molecule has 0 spiro atoms. The molecule has 0 aliphatic heterocycles. The Morgan fingerprint density at radius 1 is 1.21 bits per heavy atom. The van der Waals surface area contributed by atoms with Gasteiger partial charge in [0, 0.05) is 11.1 Å². The zero-order chi connectivity index (χ0) is 13.2. The number of aromatic nitrogens is 1. The molecule has 0 fully saturated rings. The number of nitrogens with zero attached hydrogens (tertiary/aromatic N) is 1. The van der Waals surface area contributed by atoms with Crippen LogP contribution in [0.5, 0.6) is 5.75 Å². The third kappa shape index (κ3) is 2.61. The van der Waals surface area contributed by atoms with Crippen molar-refractivity contribution in [2.75, 3.05) is 5.43 Å². The maximum absolute atomic E-state index is 12.0. The Hall–Kier alpha value is -1.88. The lowest BCUT2D eigenvalue weighted by Gasteiger charge is -2.04. The van der Waals surface area contributed by atoms with E-state index in [1.165, 1.54) is 35.4 Å². The number of nitrogens with one attached hydrogen (secondary N) is 1. The zero-order valence-corrected chi connectivity index (χ0v) is 11.2. The Labute approximate surface area is 115 Å². The Morgan fingerprint density at radius 3 is 2.68 bits per heavy atom. The molecule has 1 aliphatic rings. The first-order valence-electron chi connectivity index (χ1n) is 6.36. The van der Waals surface area contributed by atoms with Gasteiger partial charge in [0.15, 0.2) is 11.5 Å². The fraction of sp³-hybridized carbons (Fsp3) is 0.286. The van der Waals surface area contributed by atoms with Crippen LogP contribution in [0.4, 0.5) is 0 Å². The van der Waals surface area contributed by atoms with Crippen LogP contribution in [0, 0.1) is 0 Å². The van der Waals surface area contributed by atoms with Gasteiger partial charge in [-0.05, 0) is 54.0 Å². The summed E-state index contributed by atoms with van der Waals surface area (Å²) in [6.07, 6.45) is 6.70. The van der Waals surface area contributed by atoms with Gasteiger partial charge in [-0.15, -0.1) is 5.43 Å². The normalized spacial score (nSPS) is 13.9. The predicted octanol–water partition coefficient (Wildman–Crippen LogP) is 2.00. The number of hydrogen-bond donors (Lipinski definition) is 2. The minimum Gasteiger partial charge on any atom is -0.508 e. The summed E-state index contributed by atoms with van der Waals surface area (Å²) in [5.74, 6) is -0.000567. The highest BCUT2D eigenvalue weighted by molar-refractivity contribution is 7.02. The van der Waals surface area contributed by atoms with Gasteiger partial charge in [-0.1, -0.05) is 0 Å². The Morgan fingerprint density at radius 2 is 1.95 bits per heavy atom. The maximum atomic E-state index is 12.0. The smallest absolute Gasteiger partial charge is 0.306 e. The quantitative estimate of drug-likeness (QED) is 0.824. The summed E-state index contributed by atoms with van der Waals surface area (Å²) in [7, 11) is 0. The van der Waals surface area contributed by atoms with Crippen molar-refractivity contribution in [3.05, 3.63) is 46.5 Å². The van der Waals surface area contributed by atoms with Crippen LogP contribution >= 0.6 is 11.5 Å². The van der Waals surface area contributed by atoms with Crippen LogP contribution in [-0.2, 0) is 12.8 Å². The molecule has 1 aliphatic carbocycles. The molecule has 1 aromatic carbocycles. The first-order chi connectivity index (χ1) is 9.22. The van der Waals surface area contributed by atoms with Gasteiger partial charge in [0.25, 0.3) is 0 Å². The second kappa shape index (κ2) is 5.01. The van der Waals surface area contributed by atoms with E-state index in [2.05, 4.69) is 5.43 Å². The summed E-state index contributed by atoms with van der Waals surface area (Å²) in [4.78, 5) is 13.4. The van der Waals surface area contributed by atoms with Crippen molar-refractivity contribution in [1.82, 2.24) is 0 Å². The first kappa shape index (κ1) is 12.2. The summed E-state index contributed by atoms with van der Waals surface area (Å²) in [5, 5.41) is 9.20. The van der Waals surface area contributed by atoms with Crippen LogP contribution < -0.4 is 9.49 Å². The minimum absolute atomic E-state index is 0.163. The van der Waals surface area contributed by atoms with Crippen molar-refractivity contribution in [3.8, 4) is 5.75 Å². The average Bonchev–Trinajstić information content (AvgIpc) is 2.81. The molecule has 0 radical (unpaired) electrons. The minimum atomic E-state index is -0.163. The number of benzene rings is 1. The number of phenolic OH excluding ortho intramolecular Hbond substituents is 1. The number of fused-ring (bicyclic) bond motifs is 1. The largest absolute Gasteiger partial charge is 0.508 e. The van der Waals surface area contributed by atoms with Crippen molar-refractivity contribution in [2.45, 2.75) is 25.7 Å². The molecule has 1 aromatic heterocycles. The number of carbonyl (C=O) groups is 1. The van der Waals surface area contributed by atoms with E-state index >= 15 is 0 Å². The van der Waals surface area contributed by atoms with Gasteiger partial charge in [0.05, 0.1) is 4.88 Å². The molecule has 0 saturated carbocycles. The summed E-state index contributed by atoms with van der Waals surface area (Å²) >= 11 is 1.60. The van der Waals surface area contributed by atoms with E-state index in [9.17, 15) is 9.90 Å². The lowest BCUT2D eigenvalue weighted by Crippen LogP contribution is -2.44. The monoisotopic (exact) mass is 275 g/mol. The van der Waals surface area contributed by atoms with Gasteiger partial charge in [0.1, 0.15) is 5.75 Å². The molecule has 0 saturated heterocycles. The number of carbonyl (C=O) groups excluding carboxylic acids is 1. The molecule has 4 nitrogen and oxygen atoms in total. The van der Waals surface area contributed by atoms with Gasteiger partial charge in [-0.2, -0.15) is 0 Å². The highest BCUT2D eigenvalue weighted by Crippen LogP contribution is 2.22. The molecule has 0 bridgehead atoms. The van der Waals surface area contributed by atoms with Crippen LogP contribution in [0.25, 0.3) is 0 Å².